The molecule has 3 aromatic rings. The number of benzene rings is 2. The number of nitrogens with zero attached hydrogens (tertiary/aromatic N) is 3. The summed E-state index contributed by atoms with van der Waals surface area (Å²) >= 11 is 1.16. The van der Waals surface area contributed by atoms with E-state index in [1.807, 2.05) is 31.2 Å². The van der Waals surface area contributed by atoms with Gasteiger partial charge in [-0.15, -0.1) is 5.10 Å². The molecule has 4 rings (SSSR count). The maximum Gasteiger partial charge on any atom is 0.267 e. The molecule has 5 nitrogen and oxygen atoms in total. The van der Waals surface area contributed by atoms with Crippen LogP contribution in [-0.4, -0.2) is 22.2 Å². The summed E-state index contributed by atoms with van der Waals surface area (Å²) < 4.78 is 19.4. The van der Waals surface area contributed by atoms with Gasteiger partial charge < -0.3 is 4.42 Å². The zero-order valence-corrected chi connectivity index (χ0v) is 17.0. The van der Waals surface area contributed by atoms with Gasteiger partial charge in [0.05, 0.1) is 23.9 Å². The van der Waals surface area contributed by atoms with Gasteiger partial charge in [0, 0.05) is 5.56 Å². The smallest absolute Gasteiger partial charge is 0.267 e. The minimum atomic E-state index is -0.390. The van der Waals surface area contributed by atoms with Crippen LogP contribution in [0.5, 0.6) is 0 Å². The normalized spacial score (nSPS) is 17.0. The standard InChI is InChI=1S/C23H18FN3O2S/c1-16-7-2-3-9-18(16)14-25-26-23-27(15-19-10-6-12-29-19)22(28)21(30-23)13-17-8-4-5-11-20(17)24/h2-14H,15H2,1H3/b21-13-,25-14-,26-23+. The van der Waals surface area contributed by atoms with Crippen LogP contribution in [0.25, 0.3) is 6.08 Å². The Morgan fingerprint density at radius 3 is 2.57 bits per heavy atom. The van der Waals surface area contributed by atoms with E-state index < -0.39 is 0 Å². The number of aryl methyl sites for hydroxylation is 1. The van der Waals surface area contributed by atoms with E-state index in [4.69, 9.17) is 4.42 Å². The van der Waals surface area contributed by atoms with Crippen molar-refractivity contribution in [2.24, 2.45) is 10.2 Å². The molecular weight excluding hydrogens is 401 g/mol. The second kappa shape index (κ2) is 8.92. The van der Waals surface area contributed by atoms with Crippen LogP contribution in [-0.2, 0) is 11.3 Å². The molecule has 2 aromatic carbocycles. The van der Waals surface area contributed by atoms with Crippen molar-refractivity contribution in [3.63, 3.8) is 0 Å². The van der Waals surface area contributed by atoms with Crippen LogP contribution in [0.2, 0.25) is 0 Å². The summed E-state index contributed by atoms with van der Waals surface area (Å²) in [4.78, 5) is 14.8. The van der Waals surface area contributed by atoms with E-state index >= 15 is 0 Å². The zero-order valence-electron chi connectivity index (χ0n) is 16.2. The molecule has 7 heteroatoms. The van der Waals surface area contributed by atoms with E-state index in [0.29, 0.717) is 21.4 Å². The van der Waals surface area contributed by atoms with Crippen molar-refractivity contribution in [2.45, 2.75) is 13.5 Å². The molecule has 0 spiro atoms. The first-order valence-corrected chi connectivity index (χ1v) is 10.1. The Morgan fingerprint density at radius 1 is 1.07 bits per heavy atom. The predicted molar refractivity (Wildman–Crippen MR) is 117 cm³/mol. The molecule has 1 amide bonds. The lowest BCUT2D eigenvalue weighted by molar-refractivity contribution is -0.122. The summed E-state index contributed by atoms with van der Waals surface area (Å²) in [5.74, 6) is -0.0462. The molecular formula is C23H18FN3O2S. The minimum Gasteiger partial charge on any atom is -0.467 e. The number of halogens is 1. The topological polar surface area (TPSA) is 58.2 Å². The van der Waals surface area contributed by atoms with Crippen molar-refractivity contribution in [3.8, 4) is 0 Å². The molecule has 150 valence electrons. The average Bonchev–Trinajstić information content (AvgIpc) is 3.35. The van der Waals surface area contributed by atoms with Crippen LogP contribution < -0.4 is 0 Å². The number of furan rings is 1. The molecule has 0 atom stereocenters. The molecule has 1 aliphatic heterocycles. The molecule has 1 saturated heterocycles. The van der Waals surface area contributed by atoms with Gasteiger partial charge in [-0.1, -0.05) is 42.5 Å². The quantitative estimate of drug-likeness (QED) is 0.323. The third-order valence-electron chi connectivity index (χ3n) is 4.50. The number of amides is 1. The highest BCUT2D eigenvalue weighted by Gasteiger charge is 2.34. The van der Waals surface area contributed by atoms with Crippen molar-refractivity contribution in [1.29, 1.82) is 0 Å². The van der Waals surface area contributed by atoms with Gasteiger partial charge in [0.15, 0.2) is 5.17 Å². The summed E-state index contributed by atoms with van der Waals surface area (Å²) in [5.41, 5.74) is 2.36. The number of carbonyl (C=O) groups excluding carboxylic acids is 1. The lowest BCUT2D eigenvalue weighted by Crippen LogP contribution is -2.28. The fraction of sp³-hybridized carbons (Fsp3) is 0.0870. The van der Waals surface area contributed by atoms with Crippen LogP contribution >= 0.6 is 11.8 Å². The van der Waals surface area contributed by atoms with Gasteiger partial charge >= 0.3 is 0 Å². The highest BCUT2D eigenvalue weighted by atomic mass is 32.2. The third-order valence-corrected chi connectivity index (χ3v) is 5.50. The molecule has 0 saturated carbocycles. The monoisotopic (exact) mass is 419 g/mol. The minimum absolute atomic E-state index is 0.214. The summed E-state index contributed by atoms with van der Waals surface area (Å²) in [6.07, 6.45) is 4.73. The van der Waals surface area contributed by atoms with Gasteiger partial charge in [-0.3, -0.25) is 9.69 Å². The van der Waals surface area contributed by atoms with E-state index in [9.17, 15) is 9.18 Å². The summed E-state index contributed by atoms with van der Waals surface area (Å²) in [7, 11) is 0. The Hall–Kier alpha value is -3.45. The number of hydrogen-bond acceptors (Lipinski definition) is 5. The Labute approximate surface area is 177 Å². The summed E-state index contributed by atoms with van der Waals surface area (Å²) in [6.45, 7) is 2.20. The highest BCUT2D eigenvalue weighted by molar-refractivity contribution is 8.18. The summed E-state index contributed by atoms with van der Waals surface area (Å²) in [6, 6.07) is 17.7. The van der Waals surface area contributed by atoms with Crippen molar-refractivity contribution < 1.29 is 13.6 Å². The van der Waals surface area contributed by atoms with E-state index in [1.54, 1.807) is 42.8 Å². The van der Waals surface area contributed by atoms with E-state index in [1.165, 1.54) is 17.0 Å². The van der Waals surface area contributed by atoms with Crippen LogP contribution in [0, 0.1) is 12.7 Å². The van der Waals surface area contributed by atoms with Gasteiger partial charge in [-0.2, -0.15) is 5.10 Å². The van der Waals surface area contributed by atoms with Crippen LogP contribution in [0.15, 0.2) is 86.5 Å². The molecule has 0 radical (unpaired) electrons. The van der Waals surface area contributed by atoms with E-state index in [2.05, 4.69) is 10.2 Å². The van der Waals surface area contributed by atoms with Gasteiger partial charge in [0.2, 0.25) is 0 Å². The third kappa shape index (κ3) is 4.41. The van der Waals surface area contributed by atoms with Gasteiger partial charge in [0.25, 0.3) is 5.91 Å². The van der Waals surface area contributed by atoms with Crippen molar-refractivity contribution in [2.75, 3.05) is 0 Å². The Kier molecular flexibility index (Phi) is 5.90. The first kappa shape index (κ1) is 19.8. The maximum atomic E-state index is 14.1. The number of carbonyl (C=O) groups is 1. The van der Waals surface area contributed by atoms with E-state index in [0.717, 1.165) is 22.9 Å². The molecule has 0 unspecified atom stereocenters. The molecule has 30 heavy (non-hydrogen) atoms. The van der Waals surface area contributed by atoms with Crippen LogP contribution in [0.3, 0.4) is 0 Å². The molecule has 1 aliphatic rings. The molecule has 1 fully saturated rings. The predicted octanol–water partition coefficient (Wildman–Crippen LogP) is 5.23. The zero-order chi connectivity index (χ0) is 20.9. The molecule has 2 heterocycles. The molecule has 0 aliphatic carbocycles. The largest absolute Gasteiger partial charge is 0.467 e. The number of rotatable bonds is 5. The first-order valence-electron chi connectivity index (χ1n) is 9.27. The number of amidine groups is 1. The van der Waals surface area contributed by atoms with Crippen molar-refractivity contribution in [3.05, 3.63) is 100 Å². The molecule has 1 aromatic heterocycles. The second-order valence-electron chi connectivity index (χ2n) is 6.59. The van der Waals surface area contributed by atoms with Crippen LogP contribution in [0.4, 0.5) is 4.39 Å². The number of hydrogen-bond donors (Lipinski definition) is 0. The van der Waals surface area contributed by atoms with Gasteiger partial charge in [0.1, 0.15) is 11.6 Å². The lowest BCUT2D eigenvalue weighted by Gasteiger charge is -2.12. The second-order valence-corrected chi connectivity index (χ2v) is 7.60. The van der Waals surface area contributed by atoms with Crippen LogP contribution in [0.1, 0.15) is 22.5 Å². The summed E-state index contributed by atoms with van der Waals surface area (Å²) in [5, 5.41) is 8.84. The SMILES string of the molecule is Cc1ccccc1/C=N\N=C1\S/C(=C\c2ccccc2F)C(=O)N1Cc1ccco1. The number of thioether (sulfide) groups is 1. The fourth-order valence-electron chi connectivity index (χ4n) is 2.89. The van der Waals surface area contributed by atoms with Crippen molar-refractivity contribution >= 4 is 35.1 Å². The lowest BCUT2D eigenvalue weighted by atomic mass is 10.1. The Balaban J connectivity index is 1.65. The molecule has 0 N–H and O–H groups in total. The van der Waals surface area contributed by atoms with Gasteiger partial charge in [-0.05, 0) is 54.1 Å². The first-order chi connectivity index (χ1) is 14.6. The average molecular weight is 419 g/mol. The Bertz CT molecular complexity index is 1150. The van der Waals surface area contributed by atoms with Crippen molar-refractivity contribution in [1.82, 2.24) is 4.90 Å². The Morgan fingerprint density at radius 2 is 1.83 bits per heavy atom. The maximum absolute atomic E-state index is 14.1. The highest BCUT2D eigenvalue weighted by Crippen LogP contribution is 2.34. The van der Waals surface area contributed by atoms with Gasteiger partial charge in [-0.25, -0.2) is 4.39 Å². The fourth-order valence-corrected chi connectivity index (χ4v) is 3.81. The van der Waals surface area contributed by atoms with E-state index in [-0.39, 0.29) is 18.3 Å². The molecule has 0 bridgehead atoms.